The zero-order valence-corrected chi connectivity index (χ0v) is 28.4. The lowest BCUT2D eigenvalue weighted by Crippen LogP contribution is -2.22. The molecule has 0 atom stereocenters. The van der Waals surface area contributed by atoms with Gasteiger partial charge >= 0.3 is 0 Å². The minimum atomic E-state index is -0.109. The number of fused-ring (bicyclic) bond motifs is 2. The van der Waals surface area contributed by atoms with Crippen molar-refractivity contribution in [3.63, 3.8) is 0 Å². The Morgan fingerprint density at radius 3 is 1.61 bits per heavy atom. The van der Waals surface area contributed by atoms with Gasteiger partial charge < -0.3 is 4.74 Å². The van der Waals surface area contributed by atoms with Gasteiger partial charge in [-0.1, -0.05) is 118 Å². The Morgan fingerprint density at radius 2 is 1.11 bits per heavy atom. The largest absolute Gasteiger partial charge is 0.489 e. The lowest BCUT2D eigenvalue weighted by atomic mass is 9.84. The SMILES string of the molecule is CCCCc1ccc(Sc2cccc3c2C(=O)c2cccc(Sc4ccc(OCc5ccc(C(C)(C)C)cc5)cc4)c2C3=O)cc1. The number of unbranched alkanes of at least 4 members (excludes halogenated alkanes) is 1. The second-order valence-electron chi connectivity index (χ2n) is 12.7. The van der Waals surface area contributed by atoms with Crippen molar-refractivity contribution < 1.29 is 14.3 Å². The number of hydrogen-bond donors (Lipinski definition) is 0. The molecule has 0 saturated carbocycles. The Labute approximate surface area is 280 Å². The maximum Gasteiger partial charge on any atom is 0.195 e. The highest BCUT2D eigenvalue weighted by Gasteiger charge is 2.33. The van der Waals surface area contributed by atoms with Crippen LogP contribution in [0, 0.1) is 0 Å². The van der Waals surface area contributed by atoms with E-state index in [1.165, 1.54) is 47.5 Å². The fourth-order valence-electron chi connectivity index (χ4n) is 5.58. The monoisotopic (exact) mass is 642 g/mol. The number of benzene rings is 5. The Morgan fingerprint density at radius 1 is 0.609 bits per heavy atom. The van der Waals surface area contributed by atoms with E-state index in [2.05, 4.69) is 76.2 Å². The standard InChI is InChI=1S/C41H38O3S2/c1-5-6-9-27-16-22-31(23-17-27)45-35-12-7-10-33-37(35)39(42)34-11-8-13-36(38(34)40(33)43)46-32-24-20-30(21-25-32)44-26-28-14-18-29(19-15-28)41(2,3)4/h7-8,10-25H,5-6,9,26H2,1-4H3. The van der Waals surface area contributed by atoms with Gasteiger partial charge in [0.25, 0.3) is 0 Å². The van der Waals surface area contributed by atoms with Gasteiger partial charge in [0, 0.05) is 41.8 Å². The van der Waals surface area contributed by atoms with Crippen LogP contribution in [0.15, 0.2) is 129 Å². The van der Waals surface area contributed by atoms with Crippen LogP contribution in [0.3, 0.4) is 0 Å². The third kappa shape index (κ3) is 7.01. The first kappa shape index (κ1) is 31.9. The van der Waals surface area contributed by atoms with E-state index in [4.69, 9.17) is 4.74 Å². The summed E-state index contributed by atoms with van der Waals surface area (Å²) in [6.45, 7) is 9.32. The Bertz CT molecular complexity index is 1870. The molecule has 0 unspecified atom stereocenters. The second-order valence-corrected chi connectivity index (χ2v) is 14.9. The zero-order chi connectivity index (χ0) is 32.3. The summed E-state index contributed by atoms with van der Waals surface area (Å²) in [6.07, 6.45) is 3.40. The summed E-state index contributed by atoms with van der Waals surface area (Å²) in [4.78, 5) is 31.5. The summed E-state index contributed by atoms with van der Waals surface area (Å²) in [5, 5.41) is 0. The highest BCUT2D eigenvalue weighted by molar-refractivity contribution is 7.99. The van der Waals surface area contributed by atoms with Gasteiger partial charge in [-0.3, -0.25) is 9.59 Å². The predicted octanol–water partition coefficient (Wildman–Crippen LogP) is 11.0. The molecule has 0 fully saturated rings. The molecule has 0 spiro atoms. The maximum atomic E-state index is 14.0. The zero-order valence-electron chi connectivity index (χ0n) is 26.8. The van der Waals surface area contributed by atoms with Gasteiger partial charge in [0.1, 0.15) is 12.4 Å². The van der Waals surface area contributed by atoms with Crippen molar-refractivity contribution in [2.75, 3.05) is 0 Å². The first-order valence-electron chi connectivity index (χ1n) is 15.8. The van der Waals surface area contributed by atoms with Crippen molar-refractivity contribution in [3.8, 4) is 5.75 Å². The molecular weight excluding hydrogens is 605 g/mol. The summed E-state index contributed by atoms with van der Waals surface area (Å²) in [5.74, 6) is 0.566. The first-order chi connectivity index (χ1) is 22.2. The van der Waals surface area contributed by atoms with Crippen LogP contribution in [-0.4, -0.2) is 11.6 Å². The number of rotatable bonds is 10. The van der Waals surface area contributed by atoms with E-state index in [1.807, 2.05) is 48.5 Å². The fourth-order valence-corrected chi connectivity index (χ4v) is 7.53. The average Bonchev–Trinajstić information content (AvgIpc) is 3.06. The lowest BCUT2D eigenvalue weighted by molar-refractivity contribution is 0.0974. The molecule has 5 aromatic carbocycles. The van der Waals surface area contributed by atoms with Crippen molar-refractivity contribution >= 4 is 35.1 Å². The van der Waals surface area contributed by atoms with Crippen LogP contribution in [0.25, 0.3) is 0 Å². The first-order valence-corrected chi connectivity index (χ1v) is 17.5. The van der Waals surface area contributed by atoms with Gasteiger partial charge in [0.2, 0.25) is 0 Å². The summed E-state index contributed by atoms with van der Waals surface area (Å²) in [7, 11) is 0. The summed E-state index contributed by atoms with van der Waals surface area (Å²) < 4.78 is 6.05. The van der Waals surface area contributed by atoms with Crippen LogP contribution in [0.5, 0.6) is 5.75 Å². The molecule has 5 aromatic rings. The van der Waals surface area contributed by atoms with Crippen LogP contribution in [-0.2, 0) is 18.4 Å². The van der Waals surface area contributed by atoms with E-state index in [0.29, 0.717) is 28.9 Å². The van der Waals surface area contributed by atoms with Crippen LogP contribution in [0.1, 0.15) is 89.1 Å². The molecule has 0 heterocycles. The normalized spacial score (nSPS) is 12.5. The molecule has 0 aromatic heterocycles. The number of aryl methyl sites for hydroxylation is 1. The summed E-state index contributed by atoms with van der Waals surface area (Å²) in [5.41, 5.74) is 5.76. The second kappa shape index (κ2) is 13.7. The molecule has 1 aliphatic carbocycles. The quantitative estimate of drug-likeness (QED) is 0.149. The number of hydrogen-bond acceptors (Lipinski definition) is 5. The maximum absolute atomic E-state index is 14.0. The van der Waals surface area contributed by atoms with Gasteiger partial charge in [0.15, 0.2) is 11.6 Å². The molecule has 0 N–H and O–H groups in total. The van der Waals surface area contributed by atoms with E-state index in [0.717, 1.165) is 37.3 Å². The van der Waals surface area contributed by atoms with Gasteiger partial charge in [-0.05, 0) is 83.5 Å². The molecule has 3 nitrogen and oxygen atoms in total. The third-order valence-corrected chi connectivity index (χ3v) is 10.4. The van der Waals surface area contributed by atoms with E-state index in [9.17, 15) is 9.59 Å². The van der Waals surface area contributed by atoms with Gasteiger partial charge in [-0.25, -0.2) is 0 Å². The minimum absolute atomic E-state index is 0.103. The van der Waals surface area contributed by atoms with E-state index >= 15 is 0 Å². The number of carbonyl (C=O) groups is 2. The molecule has 6 rings (SSSR count). The molecule has 46 heavy (non-hydrogen) atoms. The summed E-state index contributed by atoms with van der Waals surface area (Å²) in [6, 6.07) is 36.1. The molecule has 0 bridgehead atoms. The van der Waals surface area contributed by atoms with Crippen LogP contribution < -0.4 is 4.74 Å². The van der Waals surface area contributed by atoms with Gasteiger partial charge in [-0.15, -0.1) is 0 Å². The molecule has 1 aliphatic rings. The molecule has 0 amide bonds. The Balaban J connectivity index is 1.17. The van der Waals surface area contributed by atoms with E-state index in [1.54, 1.807) is 12.1 Å². The fraction of sp³-hybridized carbons (Fsp3) is 0.220. The topological polar surface area (TPSA) is 43.4 Å². The van der Waals surface area contributed by atoms with Gasteiger partial charge in [-0.2, -0.15) is 0 Å². The lowest BCUT2D eigenvalue weighted by Gasteiger charge is -2.22. The molecule has 0 saturated heterocycles. The highest BCUT2D eigenvalue weighted by Crippen LogP contribution is 2.41. The molecule has 0 radical (unpaired) electrons. The average molecular weight is 643 g/mol. The van der Waals surface area contributed by atoms with Crippen molar-refractivity contribution in [2.24, 2.45) is 0 Å². The van der Waals surface area contributed by atoms with Gasteiger partial charge in [0.05, 0.1) is 0 Å². The molecular formula is C41H38O3S2. The molecule has 0 aliphatic heterocycles. The van der Waals surface area contributed by atoms with Crippen molar-refractivity contribution in [2.45, 2.75) is 78.6 Å². The third-order valence-electron chi connectivity index (χ3n) is 8.24. The van der Waals surface area contributed by atoms with Crippen molar-refractivity contribution in [3.05, 3.63) is 148 Å². The predicted molar refractivity (Wildman–Crippen MR) is 189 cm³/mol. The van der Waals surface area contributed by atoms with Crippen LogP contribution >= 0.6 is 23.5 Å². The van der Waals surface area contributed by atoms with E-state index < -0.39 is 0 Å². The van der Waals surface area contributed by atoms with Crippen LogP contribution in [0.2, 0.25) is 0 Å². The molecule has 232 valence electrons. The minimum Gasteiger partial charge on any atom is -0.489 e. The summed E-state index contributed by atoms with van der Waals surface area (Å²) >= 11 is 3.03. The van der Waals surface area contributed by atoms with E-state index in [-0.39, 0.29) is 17.0 Å². The number of carbonyl (C=O) groups excluding carboxylic acids is 2. The highest BCUT2D eigenvalue weighted by atomic mass is 32.2. The number of ketones is 2. The van der Waals surface area contributed by atoms with Crippen molar-refractivity contribution in [1.29, 1.82) is 0 Å². The van der Waals surface area contributed by atoms with Crippen LogP contribution in [0.4, 0.5) is 0 Å². The number of ether oxygens (including phenoxy) is 1. The smallest absolute Gasteiger partial charge is 0.195 e. The molecule has 5 heteroatoms. The van der Waals surface area contributed by atoms with Crippen molar-refractivity contribution in [1.82, 2.24) is 0 Å². The Hall–Kier alpha value is -4.06. The Kier molecular flexibility index (Phi) is 9.53.